The van der Waals surface area contributed by atoms with E-state index < -0.39 is 18.0 Å². The van der Waals surface area contributed by atoms with Gasteiger partial charge in [-0.25, -0.2) is 14.2 Å². The van der Waals surface area contributed by atoms with Crippen molar-refractivity contribution in [3.05, 3.63) is 24.1 Å². The molecule has 0 aromatic carbocycles. The number of carbonyl (C=O) groups is 2. The topological polar surface area (TPSA) is 98.2 Å². The molecule has 3 rings (SSSR count). The number of alkyl halides is 3. The monoisotopic (exact) mass is 424 g/mol. The van der Waals surface area contributed by atoms with E-state index in [1.807, 2.05) is 0 Å². The number of aromatic nitrogens is 1. The Bertz CT molecular complexity index is 717. The molecule has 1 saturated carbocycles. The molecule has 2 fully saturated rings. The van der Waals surface area contributed by atoms with Crippen LogP contribution in [-0.4, -0.2) is 78.2 Å². The van der Waals surface area contributed by atoms with Gasteiger partial charge in [0.15, 0.2) is 5.82 Å². The number of carbonyl (C=O) groups excluding carboxylic acids is 1. The number of fused-ring (bicyclic) bond motifs is 1. The molecular weight excluding hydrogens is 404 g/mol. The SMILES string of the molecule is COCC(=O)N1CCO[C@H]2[C@H](Oc3ncccc3F)CC[C@@H]21.O=C(O)C(F)(F)F. The molecule has 1 aliphatic carbocycles. The minimum atomic E-state index is -5.08. The van der Waals surface area contributed by atoms with Crippen LogP contribution in [0.1, 0.15) is 12.8 Å². The van der Waals surface area contributed by atoms with Crippen LogP contribution in [0.5, 0.6) is 5.88 Å². The standard InChI is InChI=1S/C15H19FN2O4.C2HF3O2/c1-20-9-13(19)18-7-8-21-14-11(18)4-5-12(14)22-15-10(16)3-2-6-17-15;3-2(4,5)1(6)7/h2-3,6,11-12,14H,4-5,7-9H2,1H3;(H,6,7)/t11-,12+,14+;/m0./s1. The minimum absolute atomic E-state index is 0.0166. The third kappa shape index (κ3) is 6.00. The van der Waals surface area contributed by atoms with E-state index in [4.69, 9.17) is 24.1 Å². The zero-order valence-electron chi connectivity index (χ0n) is 15.4. The van der Waals surface area contributed by atoms with Crippen molar-refractivity contribution in [1.29, 1.82) is 0 Å². The fraction of sp³-hybridized carbons (Fsp3) is 0.588. The van der Waals surface area contributed by atoms with Crippen molar-refractivity contribution in [2.75, 3.05) is 26.9 Å². The number of carboxylic acids is 1. The molecule has 12 heteroatoms. The molecule has 1 N–H and O–H groups in total. The summed E-state index contributed by atoms with van der Waals surface area (Å²) in [5.74, 6) is -3.32. The average molecular weight is 424 g/mol. The van der Waals surface area contributed by atoms with Gasteiger partial charge in [0.1, 0.15) is 18.8 Å². The zero-order valence-corrected chi connectivity index (χ0v) is 15.4. The van der Waals surface area contributed by atoms with E-state index in [0.29, 0.717) is 19.6 Å². The lowest BCUT2D eigenvalue weighted by Crippen LogP contribution is -2.55. The highest BCUT2D eigenvalue weighted by Crippen LogP contribution is 2.33. The predicted molar refractivity (Wildman–Crippen MR) is 88.7 cm³/mol. The second-order valence-corrected chi connectivity index (χ2v) is 6.25. The number of halogens is 4. The highest BCUT2D eigenvalue weighted by molar-refractivity contribution is 5.78. The largest absolute Gasteiger partial charge is 0.490 e. The fourth-order valence-electron chi connectivity index (χ4n) is 3.16. The van der Waals surface area contributed by atoms with Crippen molar-refractivity contribution in [1.82, 2.24) is 9.88 Å². The van der Waals surface area contributed by atoms with E-state index >= 15 is 0 Å². The summed E-state index contributed by atoms with van der Waals surface area (Å²) >= 11 is 0. The van der Waals surface area contributed by atoms with Gasteiger partial charge in [-0.15, -0.1) is 0 Å². The number of nitrogens with zero attached hydrogens (tertiary/aromatic N) is 2. The maximum atomic E-state index is 13.7. The van der Waals surface area contributed by atoms with Gasteiger partial charge in [-0.05, 0) is 25.0 Å². The van der Waals surface area contributed by atoms with Gasteiger partial charge in [-0.1, -0.05) is 0 Å². The fourth-order valence-corrected chi connectivity index (χ4v) is 3.16. The molecule has 8 nitrogen and oxygen atoms in total. The van der Waals surface area contributed by atoms with Crippen LogP contribution < -0.4 is 4.74 Å². The molecule has 1 saturated heterocycles. The third-order valence-electron chi connectivity index (χ3n) is 4.35. The van der Waals surface area contributed by atoms with Crippen molar-refractivity contribution >= 4 is 11.9 Å². The number of morpholine rings is 1. The van der Waals surface area contributed by atoms with E-state index in [1.54, 1.807) is 4.90 Å². The van der Waals surface area contributed by atoms with Gasteiger partial charge < -0.3 is 24.2 Å². The summed E-state index contributed by atoms with van der Waals surface area (Å²) < 4.78 is 61.8. The Morgan fingerprint density at radius 1 is 1.38 bits per heavy atom. The van der Waals surface area contributed by atoms with Gasteiger partial charge in [0.2, 0.25) is 5.91 Å². The van der Waals surface area contributed by atoms with Crippen LogP contribution in [0.4, 0.5) is 17.6 Å². The minimum Gasteiger partial charge on any atom is -0.475 e. The molecular formula is C17H20F4N2O6. The summed E-state index contributed by atoms with van der Waals surface area (Å²) in [7, 11) is 1.50. The number of hydrogen-bond acceptors (Lipinski definition) is 6. The summed E-state index contributed by atoms with van der Waals surface area (Å²) in [6, 6.07) is 2.78. The lowest BCUT2D eigenvalue weighted by Gasteiger charge is -2.38. The zero-order chi connectivity index (χ0) is 21.6. The summed E-state index contributed by atoms with van der Waals surface area (Å²) in [5.41, 5.74) is 0. The van der Waals surface area contributed by atoms with Gasteiger partial charge >= 0.3 is 12.1 Å². The van der Waals surface area contributed by atoms with Gasteiger partial charge in [-0.2, -0.15) is 13.2 Å². The number of pyridine rings is 1. The van der Waals surface area contributed by atoms with Crippen LogP contribution >= 0.6 is 0 Å². The molecule has 0 unspecified atom stereocenters. The van der Waals surface area contributed by atoms with Crippen LogP contribution in [0, 0.1) is 5.82 Å². The molecule has 29 heavy (non-hydrogen) atoms. The molecule has 2 heterocycles. The van der Waals surface area contributed by atoms with Crippen molar-refractivity contribution in [3.63, 3.8) is 0 Å². The molecule has 0 radical (unpaired) electrons. The second kappa shape index (κ2) is 9.83. The van der Waals surface area contributed by atoms with E-state index in [9.17, 15) is 22.4 Å². The Balaban J connectivity index is 0.000000370. The van der Waals surface area contributed by atoms with Crippen LogP contribution in [0.25, 0.3) is 0 Å². The quantitative estimate of drug-likeness (QED) is 0.734. The maximum Gasteiger partial charge on any atom is 0.490 e. The Morgan fingerprint density at radius 3 is 2.66 bits per heavy atom. The molecule has 1 aliphatic heterocycles. The second-order valence-electron chi connectivity index (χ2n) is 6.25. The van der Waals surface area contributed by atoms with Crippen molar-refractivity contribution in [2.24, 2.45) is 0 Å². The lowest BCUT2D eigenvalue weighted by atomic mass is 10.1. The number of ether oxygens (including phenoxy) is 3. The normalized spacial score (nSPS) is 23.6. The molecule has 1 aromatic heterocycles. The Hall–Kier alpha value is -2.47. The van der Waals surface area contributed by atoms with Crippen molar-refractivity contribution < 1.29 is 46.5 Å². The third-order valence-corrected chi connectivity index (χ3v) is 4.35. The highest BCUT2D eigenvalue weighted by Gasteiger charge is 2.46. The van der Waals surface area contributed by atoms with E-state index in [0.717, 1.165) is 6.42 Å². The predicted octanol–water partition coefficient (Wildman–Crippen LogP) is 1.64. The molecule has 1 aromatic rings. The molecule has 1 amide bonds. The maximum absolute atomic E-state index is 13.7. The summed E-state index contributed by atoms with van der Waals surface area (Å²) in [6.07, 6.45) is -2.69. The molecule has 3 atom stereocenters. The van der Waals surface area contributed by atoms with Crippen LogP contribution in [0.3, 0.4) is 0 Å². The summed E-state index contributed by atoms with van der Waals surface area (Å²) in [6.45, 7) is 1.05. The lowest BCUT2D eigenvalue weighted by molar-refractivity contribution is -0.192. The first-order valence-electron chi connectivity index (χ1n) is 8.62. The molecule has 0 bridgehead atoms. The van der Waals surface area contributed by atoms with E-state index in [1.165, 1.54) is 25.4 Å². The first-order chi connectivity index (χ1) is 13.6. The Labute approximate surface area is 163 Å². The van der Waals surface area contributed by atoms with Crippen LogP contribution in [0.15, 0.2) is 18.3 Å². The summed E-state index contributed by atoms with van der Waals surface area (Å²) in [4.78, 5) is 26.7. The highest BCUT2D eigenvalue weighted by atomic mass is 19.4. The smallest absolute Gasteiger partial charge is 0.475 e. The number of methoxy groups -OCH3 is 1. The van der Waals surface area contributed by atoms with E-state index in [-0.39, 0.29) is 36.6 Å². The van der Waals surface area contributed by atoms with Crippen LogP contribution in [-0.2, 0) is 19.1 Å². The molecule has 0 spiro atoms. The number of rotatable bonds is 4. The van der Waals surface area contributed by atoms with Gasteiger partial charge in [0.25, 0.3) is 5.88 Å². The van der Waals surface area contributed by atoms with Crippen LogP contribution in [0.2, 0.25) is 0 Å². The molecule has 2 aliphatic rings. The van der Waals surface area contributed by atoms with Crippen molar-refractivity contribution in [3.8, 4) is 5.88 Å². The van der Waals surface area contributed by atoms with Gasteiger partial charge in [-0.3, -0.25) is 4.79 Å². The number of hydrogen-bond donors (Lipinski definition) is 1. The van der Waals surface area contributed by atoms with E-state index in [2.05, 4.69) is 4.98 Å². The Morgan fingerprint density at radius 2 is 2.07 bits per heavy atom. The van der Waals surface area contributed by atoms with Crippen molar-refractivity contribution in [2.45, 2.75) is 37.3 Å². The summed E-state index contributed by atoms with van der Waals surface area (Å²) in [5, 5.41) is 7.12. The number of carboxylic acid groups (broad SMARTS) is 1. The number of amides is 1. The first kappa shape index (κ1) is 22.8. The molecule has 162 valence electrons. The number of aliphatic carboxylic acids is 1. The Kier molecular flexibility index (Phi) is 7.73. The average Bonchev–Trinajstić information content (AvgIpc) is 3.06. The van der Waals surface area contributed by atoms with Gasteiger partial charge in [0.05, 0.1) is 12.6 Å². The first-order valence-corrected chi connectivity index (χ1v) is 8.62. The van der Waals surface area contributed by atoms with Gasteiger partial charge in [0, 0.05) is 19.9 Å².